The zero-order chi connectivity index (χ0) is 22.5. The van der Waals surface area contributed by atoms with Crippen molar-refractivity contribution in [1.29, 1.82) is 0 Å². The van der Waals surface area contributed by atoms with E-state index in [1.807, 2.05) is 6.92 Å². The molecule has 0 unspecified atom stereocenters. The summed E-state index contributed by atoms with van der Waals surface area (Å²) < 4.78 is 19.8. The van der Waals surface area contributed by atoms with Crippen molar-refractivity contribution >= 4 is 46.8 Å². The number of carbonyl (C=O) groups excluding carboxylic acids is 2. The van der Waals surface area contributed by atoms with Gasteiger partial charge < -0.3 is 10.1 Å². The van der Waals surface area contributed by atoms with Crippen LogP contribution < -0.4 is 5.32 Å². The highest BCUT2D eigenvalue weighted by Gasteiger charge is 2.13. The lowest BCUT2D eigenvalue weighted by atomic mass is 10.2. The Morgan fingerprint density at radius 2 is 1.87 bits per heavy atom. The predicted molar refractivity (Wildman–Crippen MR) is 118 cm³/mol. The Bertz CT molecular complexity index is 1160. The number of amides is 1. The minimum absolute atomic E-state index is 0.202. The number of benzene rings is 2. The molecule has 1 aromatic heterocycles. The van der Waals surface area contributed by atoms with E-state index in [2.05, 4.69) is 10.4 Å². The summed E-state index contributed by atoms with van der Waals surface area (Å²) in [4.78, 5) is 24.0. The van der Waals surface area contributed by atoms with Crippen molar-refractivity contribution in [2.45, 2.75) is 13.8 Å². The van der Waals surface area contributed by atoms with Gasteiger partial charge in [0.2, 0.25) is 0 Å². The third kappa shape index (κ3) is 5.51. The molecule has 31 heavy (non-hydrogen) atoms. The van der Waals surface area contributed by atoms with Crippen LogP contribution in [-0.4, -0.2) is 28.3 Å². The van der Waals surface area contributed by atoms with Gasteiger partial charge in [-0.25, -0.2) is 13.9 Å². The van der Waals surface area contributed by atoms with E-state index in [9.17, 15) is 14.0 Å². The number of hydrogen-bond donors (Lipinski definition) is 1. The van der Waals surface area contributed by atoms with Crippen molar-refractivity contribution in [3.8, 4) is 5.69 Å². The van der Waals surface area contributed by atoms with Gasteiger partial charge in [0.1, 0.15) is 5.82 Å². The van der Waals surface area contributed by atoms with Crippen molar-refractivity contribution in [2.24, 2.45) is 0 Å². The number of aryl methyl sites for hydroxylation is 1. The van der Waals surface area contributed by atoms with Crippen LogP contribution in [-0.2, 0) is 14.3 Å². The van der Waals surface area contributed by atoms with Gasteiger partial charge in [0.25, 0.3) is 5.91 Å². The number of nitrogens with one attached hydrogen (secondary N) is 1. The Kier molecular flexibility index (Phi) is 7.09. The number of halogens is 3. The molecule has 1 N–H and O–H groups in total. The SMILES string of the molecule is Cc1nn(-c2ccc(F)cc2)c(C)c1/C=C/C(=O)OCC(=O)Nc1cccc(Cl)c1Cl. The first-order valence-corrected chi connectivity index (χ1v) is 9.92. The summed E-state index contributed by atoms with van der Waals surface area (Å²) in [7, 11) is 0. The lowest BCUT2D eigenvalue weighted by Gasteiger charge is -2.08. The summed E-state index contributed by atoms with van der Waals surface area (Å²) in [5.74, 6) is -1.59. The second-order valence-electron chi connectivity index (χ2n) is 6.56. The molecule has 0 aliphatic carbocycles. The fourth-order valence-corrected chi connectivity index (χ4v) is 3.20. The monoisotopic (exact) mass is 461 g/mol. The van der Waals surface area contributed by atoms with Crippen molar-refractivity contribution in [3.63, 3.8) is 0 Å². The molecular formula is C22H18Cl2FN3O3. The van der Waals surface area contributed by atoms with E-state index in [0.717, 1.165) is 11.3 Å². The topological polar surface area (TPSA) is 73.2 Å². The van der Waals surface area contributed by atoms with Gasteiger partial charge in [-0.05, 0) is 56.3 Å². The first-order chi connectivity index (χ1) is 14.8. The molecule has 0 spiro atoms. The third-order valence-corrected chi connectivity index (χ3v) is 5.19. The van der Waals surface area contributed by atoms with Crippen LogP contribution in [0.5, 0.6) is 0 Å². The van der Waals surface area contributed by atoms with Crippen molar-refractivity contribution < 1.29 is 18.7 Å². The predicted octanol–water partition coefficient (Wildman–Crippen LogP) is 5.13. The average molecular weight is 462 g/mol. The highest BCUT2D eigenvalue weighted by atomic mass is 35.5. The number of hydrogen-bond acceptors (Lipinski definition) is 4. The van der Waals surface area contributed by atoms with E-state index in [4.69, 9.17) is 27.9 Å². The van der Waals surface area contributed by atoms with Crippen LogP contribution in [0.15, 0.2) is 48.5 Å². The quantitative estimate of drug-likeness (QED) is 0.407. The number of carbonyl (C=O) groups is 2. The molecule has 3 aromatic rings. The molecule has 0 saturated carbocycles. The van der Waals surface area contributed by atoms with Crippen molar-refractivity contribution in [1.82, 2.24) is 9.78 Å². The Hall–Kier alpha value is -3.16. The Labute approximate surface area is 188 Å². The van der Waals surface area contributed by atoms with Crippen LogP contribution in [0, 0.1) is 19.7 Å². The molecule has 1 amide bonds. The van der Waals surface area contributed by atoms with E-state index < -0.39 is 18.5 Å². The number of aromatic nitrogens is 2. The van der Waals surface area contributed by atoms with Gasteiger partial charge in [-0.15, -0.1) is 0 Å². The smallest absolute Gasteiger partial charge is 0.331 e. The maximum atomic E-state index is 13.2. The lowest BCUT2D eigenvalue weighted by Crippen LogP contribution is -2.20. The Morgan fingerprint density at radius 1 is 1.16 bits per heavy atom. The van der Waals surface area contributed by atoms with Crippen LogP contribution in [0.2, 0.25) is 10.0 Å². The molecule has 6 nitrogen and oxygen atoms in total. The average Bonchev–Trinajstić information content (AvgIpc) is 3.02. The van der Waals surface area contributed by atoms with Crippen LogP contribution in [0.4, 0.5) is 10.1 Å². The maximum absolute atomic E-state index is 13.2. The number of anilines is 1. The van der Waals surface area contributed by atoms with E-state index in [-0.39, 0.29) is 10.8 Å². The zero-order valence-corrected chi connectivity index (χ0v) is 18.2. The fraction of sp³-hybridized carbons (Fsp3) is 0.136. The van der Waals surface area contributed by atoms with E-state index in [1.165, 1.54) is 18.2 Å². The third-order valence-electron chi connectivity index (χ3n) is 4.38. The van der Waals surface area contributed by atoms with Gasteiger partial charge in [-0.3, -0.25) is 4.79 Å². The molecule has 1 heterocycles. The van der Waals surface area contributed by atoms with Gasteiger partial charge in [0.15, 0.2) is 6.61 Å². The molecule has 0 aliphatic heterocycles. The first-order valence-electron chi connectivity index (χ1n) is 9.17. The van der Waals surface area contributed by atoms with Gasteiger partial charge in [-0.1, -0.05) is 29.3 Å². The minimum Gasteiger partial charge on any atom is -0.452 e. The lowest BCUT2D eigenvalue weighted by molar-refractivity contribution is -0.142. The van der Waals surface area contributed by atoms with Gasteiger partial charge in [-0.2, -0.15) is 5.10 Å². The molecule has 3 rings (SSSR count). The van der Waals surface area contributed by atoms with Crippen LogP contribution >= 0.6 is 23.2 Å². The molecule has 2 aromatic carbocycles. The zero-order valence-electron chi connectivity index (χ0n) is 16.7. The normalized spacial score (nSPS) is 11.0. The number of rotatable bonds is 6. The second kappa shape index (κ2) is 9.76. The summed E-state index contributed by atoms with van der Waals surface area (Å²) in [6, 6.07) is 10.7. The van der Waals surface area contributed by atoms with Crippen LogP contribution in [0.3, 0.4) is 0 Å². The molecule has 0 bridgehead atoms. The van der Waals surface area contributed by atoms with Crippen molar-refractivity contribution in [2.75, 3.05) is 11.9 Å². The highest BCUT2D eigenvalue weighted by molar-refractivity contribution is 6.44. The van der Waals surface area contributed by atoms with E-state index in [1.54, 1.807) is 48.0 Å². The summed E-state index contributed by atoms with van der Waals surface area (Å²) >= 11 is 11.9. The molecule has 0 saturated heterocycles. The van der Waals surface area contributed by atoms with Gasteiger partial charge in [0, 0.05) is 17.3 Å². The summed E-state index contributed by atoms with van der Waals surface area (Å²) in [6.45, 7) is 3.13. The molecule has 0 atom stereocenters. The standard InChI is InChI=1S/C22H18Cl2FN3O3/c1-13-17(14(2)28(27-13)16-8-6-15(25)7-9-16)10-11-21(30)31-12-20(29)26-19-5-3-4-18(23)22(19)24/h3-11H,12H2,1-2H3,(H,26,29)/b11-10+. The summed E-state index contributed by atoms with van der Waals surface area (Å²) in [6.07, 6.45) is 2.78. The number of ether oxygens (including phenoxy) is 1. The Balaban J connectivity index is 1.62. The van der Waals surface area contributed by atoms with Gasteiger partial charge >= 0.3 is 5.97 Å². The molecule has 0 aliphatic rings. The largest absolute Gasteiger partial charge is 0.452 e. The molecule has 0 fully saturated rings. The molecule has 0 radical (unpaired) electrons. The second-order valence-corrected chi connectivity index (χ2v) is 7.35. The van der Waals surface area contributed by atoms with Crippen molar-refractivity contribution in [3.05, 3.63) is 81.4 Å². The molecule has 160 valence electrons. The fourth-order valence-electron chi connectivity index (χ4n) is 2.85. The first kappa shape index (κ1) is 22.5. The minimum atomic E-state index is -0.694. The number of esters is 1. The molecule has 9 heteroatoms. The summed E-state index contributed by atoms with van der Waals surface area (Å²) in [5.41, 5.74) is 3.18. The number of nitrogens with zero attached hydrogens (tertiary/aromatic N) is 2. The van der Waals surface area contributed by atoms with Gasteiger partial charge in [0.05, 0.1) is 27.1 Å². The van der Waals surface area contributed by atoms with E-state index >= 15 is 0 Å². The molecular weight excluding hydrogens is 444 g/mol. The van der Waals surface area contributed by atoms with E-state index in [0.29, 0.717) is 22.1 Å². The van der Waals surface area contributed by atoms with Crippen LogP contribution in [0.1, 0.15) is 17.0 Å². The maximum Gasteiger partial charge on any atom is 0.331 e. The highest BCUT2D eigenvalue weighted by Crippen LogP contribution is 2.29. The van der Waals surface area contributed by atoms with Crippen LogP contribution in [0.25, 0.3) is 11.8 Å². The summed E-state index contributed by atoms with van der Waals surface area (Å²) in [5, 5.41) is 7.45. The Morgan fingerprint density at radius 3 is 2.58 bits per heavy atom.